The number of anilines is 3. The first-order chi connectivity index (χ1) is 23.5. The molecule has 0 saturated carbocycles. The van der Waals surface area contributed by atoms with Gasteiger partial charge in [0.15, 0.2) is 0 Å². The van der Waals surface area contributed by atoms with Gasteiger partial charge in [-0.2, -0.15) is 9.97 Å². The van der Waals surface area contributed by atoms with E-state index in [2.05, 4.69) is 112 Å². The summed E-state index contributed by atoms with van der Waals surface area (Å²) in [4.78, 5) is 28.9. The molecule has 0 amide bonds. The normalized spacial score (nSPS) is 18.4. The highest BCUT2D eigenvalue weighted by Gasteiger charge is 2.29. The Morgan fingerprint density at radius 3 is 2.52 bits per heavy atom. The summed E-state index contributed by atoms with van der Waals surface area (Å²) in [6.07, 6.45) is 5.18. The summed E-state index contributed by atoms with van der Waals surface area (Å²) in [6.45, 7) is 8.93. The predicted molar refractivity (Wildman–Crippen MR) is 196 cm³/mol. The van der Waals surface area contributed by atoms with Crippen LogP contribution in [0.2, 0.25) is 0 Å². The fourth-order valence-corrected chi connectivity index (χ4v) is 7.44. The highest BCUT2D eigenvalue weighted by Crippen LogP contribution is 2.36. The van der Waals surface area contributed by atoms with Crippen molar-refractivity contribution in [1.82, 2.24) is 14.9 Å². The summed E-state index contributed by atoms with van der Waals surface area (Å²) in [6, 6.07) is 27.8. The van der Waals surface area contributed by atoms with Gasteiger partial charge in [0.1, 0.15) is 12.4 Å². The van der Waals surface area contributed by atoms with Crippen LogP contribution in [0.5, 0.6) is 6.01 Å². The quantitative estimate of drug-likeness (QED) is 0.189. The number of aliphatic imine (C=N–C) groups is 2. The molecule has 250 valence electrons. The van der Waals surface area contributed by atoms with Gasteiger partial charge in [-0.25, -0.2) is 9.98 Å². The Morgan fingerprint density at radius 1 is 0.917 bits per heavy atom. The van der Waals surface area contributed by atoms with E-state index in [4.69, 9.17) is 19.7 Å². The summed E-state index contributed by atoms with van der Waals surface area (Å²) in [5, 5.41) is 2.61. The first kappa shape index (κ1) is 32.1. The third-order valence-corrected chi connectivity index (χ3v) is 10.4. The summed E-state index contributed by atoms with van der Waals surface area (Å²) in [7, 11) is 4.28. The van der Waals surface area contributed by atoms with Crippen LogP contribution in [0.1, 0.15) is 42.5 Å². The average molecular weight is 645 g/mol. The molecule has 3 aliphatic heterocycles. The van der Waals surface area contributed by atoms with Crippen molar-refractivity contribution in [3.63, 3.8) is 0 Å². The van der Waals surface area contributed by atoms with Gasteiger partial charge in [-0.15, -0.1) is 0 Å². The van der Waals surface area contributed by atoms with Crippen LogP contribution in [0.25, 0.3) is 10.8 Å². The first-order valence-electron chi connectivity index (χ1n) is 17.6. The number of rotatable bonds is 10. The van der Waals surface area contributed by atoms with E-state index in [1.807, 2.05) is 6.07 Å². The molecule has 9 nitrogen and oxygen atoms in total. The maximum absolute atomic E-state index is 6.38. The second-order valence-corrected chi connectivity index (χ2v) is 13.6. The van der Waals surface area contributed by atoms with Crippen molar-refractivity contribution in [2.75, 3.05) is 74.7 Å². The number of likely N-dealkylation sites (N-methyl/N-ethyl adjacent to an activating group) is 2. The lowest BCUT2D eigenvalue weighted by Gasteiger charge is -2.36. The number of aryl methyl sites for hydroxylation is 1. The van der Waals surface area contributed by atoms with Crippen molar-refractivity contribution in [2.24, 2.45) is 9.98 Å². The van der Waals surface area contributed by atoms with Gasteiger partial charge in [0.2, 0.25) is 0 Å². The van der Waals surface area contributed by atoms with E-state index in [0.29, 0.717) is 25.2 Å². The second kappa shape index (κ2) is 14.8. The van der Waals surface area contributed by atoms with E-state index in [1.54, 1.807) is 0 Å². The number of piperidine rings is 1. The Hall–Kier alpha value is -4.46. The minimum absolute atomic E-state index is 0.230. The van der Waals surface area contributed by atoms with Crippen molar-refractivity contribution < 1.29 is 4.74 Å². The molecule has 48 heavy (non-hydrogen) atoms. The molecule has 4 aromatic rings. The van der Waals surface area contributed by atoms with Crippen molar-refractivity contribution in [3.05, 3.63) is 83.6 Å². The molecular formula is C39H48N8O. The minimum atomic E-state index is 0.230. The number of ether oxygens (including phenoxy) is 1. The minimum Gasteiger partial charge on any atom is -0.462 e. The van der Waals surface area contributed by atoms with Gasteiger partial charge >= 0.3 is 6.01 Å². The molecule has 7 rings (SSSR count). The standard InChI is InChI=1S/C39H48N8O/c1-29-10-7-11-30-12-8-16-36(37(29)30)47-24-19-34-35(26-47)42-39(48-27-33-15-9-21-44(33)2)43-38(34)46-22-17-31(18-23-46)41-28-40-20-25-45(3)32-13-5-4-6-14-32/h4-8,10-14,16,31,33H,9,15,17-27H2,1-3H3/t33-/m0/s1. The molecule has 2 saturated heterocycles. The fraction of sp³-hybridized carbons (Fsp3) is 0.462. The smallest absolute Gasteiger partial charge is 0.318 e. The Labute approximate surface area is 285 Å². The molecule has 0 N–H and O–H groups in total. The fourth-order valence-electron chi connectivity index (χ4n) is 7.44. The molecule has 0 aliphatic carbocycles. The molecule has 0 unspecified atom stereocenters. The number of fused-ring (bicyclic) bond motifs is 2. The zero-order chi connectivity index (χ0) is 32.9. The number of hydrogen-bond acceptors (Lipinski definition) is 9. The number of aromatic nitrogens is 2. The van der Waals surface area contributed by atoms with Crippen LogP contribution in [0, 0.1) is 6.92 Å². The number of nitrogens with zero attached hydrogens (tertiary/aromatic N) is 8. The second-order valence-electron chi connectivity index (χ2n) is 13.6. The maximum Gasteiger partial charge on any atom is 0.318 e. The van der Waals surface area contributed by atoms with E-state index in [9.17, 15) is 0 Å². The van der Waals surface area contributed by atoms with E-state index in [0.717, 1.165) is 76.5 Å². The van der Waals surface area contributed by atoms with Crippen molar-refractivity contribution in [2.45, 2.75) is 57.7 Å². The average Bonchev–Trinajstić information content (AvgIpc) is 3.54. The lowest BCUT2D eigenvalue weighted by Crippen LogP contribution is -2.39. The van der Waals surface area contributed by atoms with Crippen LogP contribution >= 0.6 is 0 Å². The van der Waals surface area contributed by atoms with Gasteiger partial charge in [-0.05, 0) is 81.8 Å². The van der Waals surface area contributed by atoms with Crippen molar-refractivity contribution in [1.29, 1.82) is 0 Å². The van der Waals surface area contributed by atoms with Crippen LogP contribution < -0.4 is 19.4 Å². The molecule has 0 spiro atoms. The topological polar surface area (TPSA) is 72.7 Å². The number of likely N-dealkylation sites (tertiary alicyclic amines) is 1. The number of para-hydroxylation sites is 1. The Balaban J connectivity index is 1.06. The van der Waals surface area contributed by atoms with Gasteiger partial charge < -0.3 is 24.3 Å². The number of hydrogen-bond donors (Lipinski definition) is 0. The third-order valence-electron chi connectivity index (χ3n) is 10.4. The van der Waals surface area contributed by atoms with Gasteiger partial charge in [0.25, 0.3) is 0 Å². The van der Waals surface area contributed by atoms with E-state index in [-0.39, 0.29) is 6.04 Å². The Morgan fingerprint density at radius 2 is 1.73 bits per heavy atom. The summed E-state index contributed by atoms with van der Waals surface area (Å²) in [5.41, 5.74) is 6.12. The molecular weight excluding hydrogens is 596 g/mol. The van der Waals surface area contributed by atoms with Crippen LogP contribution in [0.3, 0.4) is 0 Å². The Kier molecular flexibility index (Phi) is 9.87. The van der Waals surface area contributed by atoms with E-state index in [1.165, 1.54) is 39.7 Å². The molecule has 0 bridgehead atoms. The molecule has 1 atom stereocenters. The molecule has 4 heterocycles. The Bertz CT molecular complexity index is 1760. The molecule has 2 fully saturated rings. The molecule has 3 aromatic carbocycles. The van der Waals surface area contributed by atoms with Gasteiger partial charge in [0, 0.05) is 61.6 Å². The SMILES string of the molecule is Cc1cccc2cccc(N3CCc4c(nc(OC[C@@H]5CCCN5C)nc4N4CCC(N=C=NCCN(C)c5ccccc5)CC4)C3)c12. The number of benzene rings is 3. The van der Waals surface area contributed by atoms with Gasteiger partial charge in [0.05, 0.1) is 30.8 Å². The van der Waals surface area contributed by atoms with Crippen LogP contribution in [-0.2, 0) is 13.0 Å². The predicted octanol–water partition coefficient (Wildman–Crippen LogP) is 6.25. The maximum atomic E-state index is 6.38. The highest BCUT2D eigenvalue weighted by atomic mass is 16.5. The summed E-state index contributed by atoms with van der Waals surface area (Å²) in [5.74, 6) is 1.04. The monoisotopic (exact) mass is 644 g/mol. The van der Waals surface area contributed by atoms with Gasteiger partial charge in [-0.3, -0.25) is 0 Å². The van der Waals surface area contributed by atoms with Crippen molar-refractivity contribution in [3.8, 4) is 6.01 Å². The lowest BCUT2D eigenvalue weighted by molar-refractivity contribution is 0.187. The highest BCUT2D eigenvalue weighted by molar-refractivity contribution is 5.97. The third kappa shape index (κ3) is 7.18. The van der Waals surface area contributed by atoms with Crippen LogP contribution in [0.15, 0.2) is 76.7 Å². The van der Waals surface area contributed by atoms with E-state index >= 15 is 0 Å². The molecule has 3 aliphatic rings. The lowest BCUT2D eigenvalue weighted by atomic mass is 9.99. The van der Waals surface area contributed by atoms with Gasteiger partial charge in [-0.1, -0.05) is 48.5 Å². The molecule has 0 radical (unpaired) electrons. The first-order valence-corrected chi connectivity index (χ1v) is 17.6. The van der Waals surface area contributed by atoms with E-state index < -0.39 is 0 Å². The summed E-state index contributed by atoms with van der Waals surface area (Å²) >= 11 is 0. The summed E-state index contributed by atoms with van der Waals surface area (Å²) < 4.78 is 6.38. The van der Waals surface area contributed by atoms with Crippen LogP contribution in [-0.4, -0.2) is 92.9 Å². The molecule has 9 heteroatoms. The van der Waals surface area contributed by atoms with Crippen molar-refractivity contribution >= 4 is 34.0 Å². The zero-order valence-corrected chi connectivity index (χ0v) is 28.7. The molecule has 1 aromatic heterocycles. The zero-order valence-electron chi connectivity index (χ0n) is 28.7. The van der Waals surface area contributed by atoms with Crippen LogP contribution in [0.4, 0.5) is 17.2 Å². The largest absolute Gasteiger partial charge is 0.462 e.